The second-order valence-electron chi connectivity index (χ2n) is 6.29. The van der Waals surface area contributed by atoms with Crippen LogP contribution in [-0.2, 0) is 11.3 Å². The Morgan fingerprint density at radius 3 is 2.29 bits per heavy atom. The van der Waals surface area contributed by atoms with Crippen molar-refractivity contribution >= 4 is 11.9 Å². The lowest BCUT2D eigenvalue weighted by Crippen LogP contribution is -2.35. The van der Waals surface area contributed by atoms with Gasteiger partial charge in [0.1, 0.15) is 6.54 Å². The van der Waals surface area contributed by atoms with E-state index in [4.69, 9.17) is 0 Å². The van der Waals surface area contributed by atoms with Crippen LogP contribution in [0, 0.1) is 13.8 Å². The van der Waals surface area contributed by atoms with Crippen molar-refractivity contribution in [3.63, 3.8) is 0 Å². The predicted molar refractivity (Wildman–Crippen MR) is 93.1 cm³/mol. The van der Waals surface area contributed by atoms with Crippen LogP contribution in [0.2, 0.25) is 0 Å². The maximum absolute atomic E-state index is 12.9. The van der Waals surface area contributed by atoms with Crippen LogP contribution in [0.1, 0.15) is 47.2 Å². The molecule has 1 heterocycles. The minimum absolute atomic E-state index is 0.244. The lowest BCUT2D eigenvalue weighted by molar-refractivity contribution is -0.137. The zero-order valence-electron chi connectivity index (χ0n) is 14.6. The molecule has 24 heavy (non-hydrogen) atoms. The van der Waals surface area contributed by atoms with E-state index in [-0.39, 0.29) is 25.0 Å². The summed E-state index contributed by atoms with van der Waals surface area (Å²) in [6, 6.07) is 11.5. The van der Waals surface area contributed by atoms with Crippen molar-refractivity contribution in [1.82, 2.24) is 9.47 Å². The SMILES string of the molecule is Cc1cc(C(=O)N(CC(=O)O)Cc2ccccc2)c(C)n1C(C)C. The number of carboxylic acid groups (broad SMARTS) is 1. The molecule has 5 nitrogen and oxygen atoms in total. The Bertz CT molecular complexity index is 733. The number of hydrogen-bond acceptors (Lipinski definition) is 2. The number of aliphatic carboxylic acids is 1. The molecule has 0 radical (unpaired) electrons. The molecule has 128 valence electrons. The molecule has 0 unspecified atom stereocenters. The Hall–Kier alpha value is -2.56. The first-order valence-corrected chi connectivity index (χ1v) is 8.04. The third kappa shape index (κ3) is 3.85. The third-order valence-electron chi connectivity index (χ3n) is 4.06. The summed E-state index contributed by atoms with van der Waals surface area (Å²) in [5.41, 5.74) is 3.35. The van der Waals surface area contributed by atoms with Gasteiger partial charge in [-0.15, -0.1) is 0 Å². The molecule has 1 N–H and O–H groups in total. The Balaban J connectivity index is 2.34. The molecule has 2 aromatic rings. The number of carbonyl (C=O) groups excluding carboxylic acids is 1. The van der Waals surface area contributed by atoms with E-state index in [2.05, 4.69) is 18.4 Å². The van der Waals surface area contributed by atoms with Crippen molar-refractivity contribution in [1.29, 1.82) is 0 Å². The average Bonchev–Trinajstić information content (AvgIpc) is 2.81. The molecule has 5 heteroatoms. The van der Waals surface area contributed by atoms with Crippen LogP contribution in [-0.4, -0.2) is 33.0 Å². The quantitative estimate of drug-likeness (QED) is 0.884. The monoisotopic (exact) mass is 328 g/mol. The summed E-state index contributed by atoms with van der Waals surface area (Å²) in [5, 5.41) is 9.18. The minimum atomic E-state index is -1.02. The van der Waals surface area contributed by atoms with Gasteiger partial charge in [-0.05, 0) is 39.3 Å². The summed E-state index contributed by atoms with van der Waals surface area (Å²) in [6.45, 7) is 7.95. The maximum Gasteiger partial charge on any atom is 0.323 e. The smallest absolute Gasteiger partial charge is 0.323 e. The van der Waals surface area contributed by atoms with Crippen molar-refractivity contribution in [3.05, 3.63) is 58.9 Å². The third-order valence-corrected chi connectivity index (χ3v) is 4.06. The number of aromatic nitrogens is 1. The number of carboxylic acids is 1. The molecule has 0 spiro atoms. The van der Waals surface area contributed by atoms with Crippen LogP contribution >= 0.6 is 0 Å². The van der Waals surface area contributed by atoms with E-state index >= 15 is 0 Å². The fourth-order valence-corrected chi connectivity index (χ4v) is 3.13. The molecular weight excluding hydrogens is 304 g/mol. The van der Waals surface area contributed by atoms with Crippen LogP contribution in [0.25, 0.3) is 0 Å². The first kappa shape index (κ1) is 17.8. The summed E-state index contributed by atoms with van der Waals surface area (Å²) in [5.74, 6) is -1.27. The van der Waals surface area contributed by atoms with Gasteiger partial charge in [0, 0.05) is 24.0 Å². The summed E-state index contributed by atoms with van der Waals surface area (Å²) in [4.78, 5) is 25.5. The lowest BCUT2D eigenvalue weighted by atomic mass is 10.1. The van der Waals surface area contributed by atoms with Crippen LogP contribution in [0.3, 0.4) is 0 Å². The van der Waals surface area contributed by atoms with E-state index in [1.54, 1.807) is 0 Å². The molecule has 0 aliphatic carbocycles. The first-order chi connectivity index (χ1) is 11.3. The fraction of sp³-hybridized carbons (Fsp3) is 0.368. The van der Waals surface area contributed by atoms with E-state index in [1.165, 1.54) is 4.90 Å². The molecule has 0 bridgehead atoms. The molecule has 0 aliphatic heterocycles. The van der Waals surface area contributed by atoms with Gasteiger partial charge >= 0.3 is 5.97 Å². The summed E-state index contributed by atoms with van der Waals surface area (Å²) < 4.78 is 2.09. The van der Waals surface area contributed by atoms with Crippen LogP contribution in [0.15, 0.2) is 36.4 Å². The van der Waals surface area contributed by atoms with Crippen LogP contribution in [0.5, 0.6) is 0 Å². The molecule has 0 saturated carbocycles. The Kier molecular flexibility index (Phi) is 5.44. The number of aryl methyl sites for hydroxylation is 1. The maximum atomic E-state index is 12.9. The molecule has 0 aliphatic rings. The topological polar surface area (TPSA) is 62.5 Å². The highest BCUT2D eigenvalue weighted by atomic mass is 16.4. The highest BCUT2D eigenvalue weighted by molar-refractivity contribution is 5.97. The number of hydrogen-bond donors (Lipinski definition) is 1. The zero-order chi connectivity index (χ0) is 17.9. The molecule has 2 rings (SSSR count). The van der Waals surface area contributed by atoms with E-state index in [0.29, 0.717) is 5.56 Å². The van der Waals surface area contributed by atoms with Gasteiger partial charge in [-0.3, -0.25) is 9.59 Å². The van der Waals surface area contributed by atoms with Gasteiger partial charge in [0.15, 0.2) is 0 Å². The van der Waals surface area contributed by atoms with Gasteiger partial charge in [-0.25, -0.2) is 0 Å². The van der Waals surface area contributed by atoms with Gasteiger partial charge in [0.25, 0.3) is 5.91 Å². The van der Waals surface area contributed by atoms with Gasteiger partial charge in [-0.1, -0.05) is 30.3 Å². The normalized spacial score (nSPS) is 10.9. The summed E-state index contributed by atoms with van der Waals surface area (Å²) in [6.07, 6.45) is 0. The van der Waals surface area contributed by atoms with E-state index in [0.717, 1.165) is 17.0 Å². The van der Waals surface area contributed by atoms with Gasteiger partial charge < -0.3 is 14.6 Å². The molecular formula is C19H24N2O3. The second-order valence-corrected chi connectivity index (χ2v) is 6.29. The highest BCUT2D eigenvalue weighted by Gasteiger charge is 2.24. The van der Waals surface area contributed by atoms with Crippen molar-refractivity contribution < 1.29 is 14.7 Å². The Labute approximate surface area is 142 Å². The minimum Gasteiger partial charge on any atom is -0.480 e. The van der Waals surface area contributed by atoms with Crippen molar-refractivity contribution in [2.75, 3.05) is 6.54 Å². The first-order valence-electron chi connectivity index (χ1n) is 8.04. The van der Waals surface area contributed by atoms with Crippen LogP contribution in [0.4, 0.5) is 0 Å². The number of carbonyl (C=O) groups is 2. The van der Waals surface area contributed by atoms with E-state index in [1.807, 2.05) is 50.2 Å². The average molecular weight is 328 g/mol. The lowest BCUT2D eigenvalue weighted by Gasteiger charge is -2.21. The van der Waals surface area contributed by atoms with E-state index in [9.17, 15) is 14.7 Å². The Morgan fingerprint density at radius 1 is 1.17 bits per heavy atom. The van der Waals surface area contributed by atoms with Crippen molar-refractivity contribution in [2.45, 2.75) is 40.3 Å². The summed E-state index contributed by atoms with van der Waals surface area (Å²) >= 11 is 0. The molecule has 0 atom stereocenters. The zero-order valence-corrected chi connectivity index (χ0v) is 14.6. The number of nitrogens with zero attached hydrogens (tertiary/aromatic N) is 2. The van der Waals surface area contributed by atoms with E-state index < -0.39 is 5.97 Å². The molecule has 0 saturated heterocycles. The highest BCUT2D eigenvalue weighted by Crippen LogP contribution is 2.22. The molecule has 0 fully saturated rings. The van der Waals surface area contributed by atoms with Gasteiger partial charge in [-0.2, -0.15) is 0 Å². The fourth-order valence-electron chi connectivity index (χ4n) is 3.13. The van der Waals surface area contributed by atoms with Gasteiger partial charge in [0.05, 0.1) is 5.56 Å². The van der Waals surface area contributed by atoms with Crippen LogP contribution < -0.4 is 0 Å². The Morgan fingerprint density at radius 2 is 1.79 bits per heavy atom. The standard InChI is InChI=1S/C19H24N2O3/c1-13(2)21-14(3)10-17(15(21)4)19(24)20(12-18(22)23)11-16-8-6-5-7-9-16/h5-10,13H,11-12H2,1-4H3,(H,22,23). The van der Waals surface area contributed by atoms with Crippen molar-refractivity contribution in [3.8, 4) is 0 Å². The molecule has 1 aromatic carbocycles. The largest absolute Gasteiger partial charge is 0.480 e. The van der Waals surface area contributed by atoms with Gasteiger partial charge in [0.2, 0.25) is 0 Å². The second kappa shape index (κ2) is 7.34. The number of benzene rings is 1. The number of amides is 1. The number of rotatable bonds is 6. The molecule has 1 amide bonds. The summed E-state index contributed by atoms with van der Waals surface area (Å²) in [7, 11) is 0. The van der Waals surface area contributed by atoms with Crippen molar-refractivity contribution in [2.24, 2.45) is 0 Å². The predicted octanol–water partition coefficient (Wildman–Crippen LogP) is 3.41. The molecule has 1 aromatic heterocycles.